The zero-order chi connectivity index (χ0) is 22.2. The maximum atomic E-state index is 12.8. The second kappa shape index (κ2) is 11.2. The summed E-state index contributed by atoms with van der Waals surface area (Å²) in [6.07, 6.45) is 3.89. The molecule has 0 aliphatic carbocycles. The monoisotopic (exact) mass is 440 g/mol. The van der Waals surface area contributed by atoms with Gasteiger partial charge >= 0.3 is 0 Å². The van der Waals surface area contributed by atoms with Crippen LogP contribution in [0.15, 0.2) is 48.5 Å². The first kappa shape index (κ1) is 23.2. The smallest absolute Gasteiger partial charge is 0.238 e. The number of carbonyl (C=O) groups is 2. The fraction of sp³-hybridized carbons (Fsp3) is 0.440. The highest BCUT2D eigenvalue weighted by molar-refractivity contribution is 8.00. The van der Waals surface area contributed by atoms with Gasteiger partial charge in [0.15, 0.2) is 0 Å². The number of nitrogens with one attached hydrogen (secondary N) is 1. The van der Waals surface area contributed by atoms with Crippen molar-refractivity contribution in [1.29, 1.82) is 0 Å². The average Bonchev–Trinajstić information content (AvgIpc) is 3.16. The summed E-state index contributed by atoms with van der Waals surface area (Å²) in [6, 6.07) is 15.5. The van der Waals surface area contributed by atoms with Crippen LogP contribution in [-0.4, -0.2) is 24.2 Å². The van der Waals surface area contributed by atoms with Gasteiger partial charge in [-0.05, 0) is 49.6 Å². The predicted octanol–water partition coefficient (Wildman–Crippen LogP) is 6.02. The van der Waals surface area contributed by atoms with Crippen molar-refractivity contribution >= 4 is 35.0 Å². The fourth-order valence-corrected chi connectivity index (χ4v) is 5.01. The Kier molecular flexibility index (Phi) is 8.41. The Morgan fingerprint density at radius 1 is 1.19 bits per heavy atom. The van der Waals surface area contributed by atoms with Gasteiger partial charge in [0.25, 0.3) is 0 Å². The minimum Gasteiger partial charge on any atom is -0.492 e. The van der Waals surface area contributed by atoms with Gasteiger partial charge in [0, 0.05) is 11.6 Å². The minimum atomic E-state index is -0.159. The predicted molar refractivity (Wildman–Crippen MR) is 129 cm³/mol. The normalized spacial score (nSPS) is 16.9. The van der Waals surface area contributed by atoms with Crippen LogP contribution in [0.5, 0.6) is 5.75 Å². The van der Waals surface area contributed by atoms with E-state index in [2.05, 4.69) is 19.2 Å². The number of anilines is 2. The number of benzene rings is 2. The third-order valence-electron chi connectivity index (χ3n) is 5.50. The maximum Gasteiger partial charge on any atom is 0.238 e. The van der Waals surface area contributed by atoms with Crippen molar-refractivity contribution in [2.75, 3.05) is 22.6 Å². The first-order valence-corrected chi connectivity index (χ1v) is 12.2. The molecule has 0 radical (unpaired) electrons. The van der Waals surface area contributed by atoms with E-state index in [1.807, 2.05) is 60.4 Å². The fourth-order valence-electron chi connectivity index (χ4n) is 3.85. The Bertz CT molecular complexity index is 902. The Labute approximate surface area is 189 Å². The second-order valence-electron chi connectivity index (χ2n) is 7.69. The lowest BCUT2D eigenvalue weighted by Gasteiger charge is -2.26. The molecule has 1 aliphatic heterocycles. The number of nitrogens with zero attached hydrogens (tertiary/aromatic N) is 1. The van der Waals surface area contributed by atoms with Gasteiger partial charge in [-0.25, -0.2) is 0 Å². The van der Waals surface area contributed by atoms with Crippen LogP contribution in [0.1, 0.15) is 57.4 Å². The number of amides is 2. The largest absolute Gasteiger partial charge is 0.492 e. The highest BCUT2D eigenvalue weighted by atomic mass is 32.2. The number of unbranched alkanes of at least 4 members (excludes halogenated alkanes) is 1. The van der Waals surface area contributed by atoms with Crippen molar-refractivity contribution in [2.24, 2.45) is 5.92 Å². The van der Waals surface area contributed by atoms with E-state index in [4.69, 9.17) is 4.74 Å². The van der Waals surface area contributed by atoms with Crippen molar-refractivity contribution in [2.45, 2.75) is 51.8 Å². The molecule has 0 bridgehead atoms. The first-order valence-electron chi connectivity index (χ1n) is 11.1. The average molecular weight is 441 g/mol. The molecule has 1 heterocycles. The molecule has 2 aromatic carbocycles. The van der Waals surface area contributed by atoms with Crippen LogP contribution in [0.2, 0.25) is 0 Å². The molecular weight excluding hydrogens is 408 g/mol. The highest BCUT2D eigenvalue weighted by Gasteiger charge is 2.35. The van der Waals surface area contributed by atoms with Gasteiger partial charge < -0.3 is 10.1 Å². The van der Waals surface area contributed by atoms with Gasteiger partial charge in [-0.15, -0.1) is 11.8 Å². The van der Waals surface area contributed by atoms with E-state index in [1.165, 1.54) is 0 Å². The first-order chi connectivity index (χ1) is 15.1. The van der Waals surface area contributed by atoms with Gasteiger partial charge in [0.05, 0.1) is 18.0 Å². The molecule has 6 heteroatoms. The summed E-state index contributed by atoms with van der Waals surface area (Å²) in [5.41, 5.74) is 2.54. The molecule has 1 aliphatic rings. The van der Waals surface area contributed by atoms with E-state index >= 15 is 0 Å². The number of hydrogen-bond acceptors (Lipinski definition) is 4. The van der Waals surface area contributed by atoms with Gasteiger partial charge in [-0.3, -0.25) is 14.5 Å². The van der Waals surface area contributed by atoms with Crippen molar-refractivity contribution in [3.63, 3.8) is 0 Å². The Hall–Kier alpha value is -2.47. The van der Waals surface area contributed by atoms with Crippen LogP contribution in [-0.2, 0) is 9.59 Å². The maximum absolute atomic E-state index is 12.8. The Balaban J connectivity index is 1.83. The lowest BCUT2D eigenvalue weighted by atomic mass is 9.98. The molecule has 5 nitrogen and oxygen atoms in total. The van der Waals surface area contributed by atoms with Crippen LogP contribution in [0.4, 0.5) is 11.4 Å². The third-order valence-corrected chi connectivity index (χ3v) is 6.71. The molecule has 0 saturated carbocycles. The van der Waals surface area contributed by atoms with E-state index in [1.54, 1.807) is 11.8 Å². The SMILES string of the molecule is CCCC[C@@H](CC)C(=O)Nc1cccc([C@H]2SCC(=O)N2c2ccccc2OCC)c1. The van der Waals surface area contributed by atoms with Crippen molar-refractivity contribution in [1.82, 2.24) is 0 Å². The Morgan fingerprint density at radius 3 is 2.74 bits per heavy atom. The molecule has 0 aromatic heterocycles. The second-order valence-corrected chi connectivity index (χ2v) is 8.76. The molecule has 1 N–H and O–H groups in total. The molecule has 1 fully saturated rings. The summed E-state index contributed by atoms with van der Waals surface area (Å²) in [5.74, 6) is 1.28. The summed E-state index contributed by atoms with van der Waals surface area (Å²) in [5, 5.41) is 2.93. The number of para-hydroxylation sites is 2. The van der Waals surface area contributed by atoms with Gasteiger partial charge in [0.1, 0.15) is 11.1 Å². The number of ether oxygens (including phenoxy) is 1. The van der Waals surface area contributed by atoms with E-state index in [9.17, 15) is 9.59 Å². The summed E-state index contributed by atoms with van der Waals surface area (Å²) in [4.78, 5) is 27.3. The van der Waals surface area contributed by atoms with Crippen molar-refractivity contribution in [3.05, 3.63) is 54.1 Å². The molecule has 2 aromatic rings. The van der Waals surface area contributed by atoms with E-state index in [0.29, 0.717) is 18.1 Å². The van der Waals surface area contributed by atoms with E-state index in [-0.39, 0.29) is 23.1 Å². The van der Waals surface area contributed by atoms with Crippen molar-refractivity contribution < 1.29 is 14.3 Å². The molecule has 0 spiro atoms. The molecule has 3 rings (SSSR count). The molecule has 31 heavy (non-hydrogen) atoms. The lowest BCUT2D eigenvalue weighted by Crippen LogP contribution is -2.28. The molecule has 2 atom stereocenters. The van der Waals surface area contributed by atoms with Crippen LogP contribution < -0.4 is 15.0 Å². The van der Waals surface area contributed by atoms with Gasteiger partial charge in [-0.1, -0.05) is 51.0 Å². The summed E-state index contributed by atoms with van der Waals surface area (Å²) >= 11 is 1.59. The topological polar surface area (TPSA) is 58.6 Å². The van der Waals surface area contributed by atoms with E-state index < -0.39 is 0 Å². The number of rotatable bonds is 10. The molecule has 166 valence electrons. The molecule has 1 saturated heterocycles. The van der Waals surface area contributed by atoms with Gasteiger partial charge in [-0.2, -0.15) is 0 Å². The zero-order valence-corrected chi connectivity index (χ0v) is 19.4. The van der Waals surface area contributed by atoms with Crippen LogP contribution in [0, 0.1) is 5.92 Å². The quantitative estimate of drug-likeness (QED) is 0.491. The Morgan fingerprint density at radius 2 is 2.00 bits per heavy atom. The van der Waals surface area contributed by atoms with Crippen LogP contribution in [0.25, 0.3) is 0 Å². The zero-order valence-electron chi connectivity index (χ0n) is 18.6. The number of thioether (sulfide) groups is 1. The third kappa shape index (κ3) is 5.62. The standard InChI is InChI=1S/C25H32N2O3S/c1-4-7-11-18(5-2)24(29)26-20-13-10-12-19(16-20)25-27(23(28)17-31-25)21-14-8-9-15-22(21)30-6-3/h8-10,12-16,18,25H,4-7,11,17H2,1-3H3,(H,26,29)/t18-,25-/m1/s1. The van der Waals surface area contributed by atoms with Crippen molar-refractivity contribution in [3.8, 4) is 5.75 Å². The summed E-state index contributed by atoms with van der Waals surface area (Å²) in [7, 11) is 0. The molecule has 2 amide bonds. The summed E-state index contributed by atoms with van der Waals surface area (Å²) in [6.45, 7) is 6.68. The van der Waals surface area contributed by atoms with Crippen LogP contribution >= 0.6 is 11.8 Å². The minimum absolute atomic E-state index is 0.0283. The van der Waals surface area contributed by atoms with E-state index in [0.717, 1.165) is 42.6 Å². The summed E-state index contributed by atoms with van der Waals surface area (Å²) < 4.78 is 5.77. The van der Waals surface area contributed by atoms with Gasteiger partial charge in [0.2, 0.25) is 11.8 Å². The lowest BCUT2D eigenvalue weighted by molar-refractivity contribution is -0.120. The number of carbonyl (C=O) groups excluding carboxylic acids is 2. The van der Waals surface area contributed by atoms with Crippen LogP contribution in [0.3, 0.4) is 0 Å². The molecular formula is C25H32N2O3S. The molecule has 0 unspecified atom stereocenters. The highest BCUT2D eigenvalue weighted by Crippen LogP contribution is 2.45. The number of hydrogen-bond donors (Lipinski definition) is 1.